The summed E-state index contributed by atoms with van der Waals surface area (Å²) in [7, 11) is 3.18. The number of amides is 3. The zero-order valence-corrected chi connectivity index (χ0v) is 31.4. The highest BCUT2D eigenvalue weighted by molar-refractivity contribution is 6.07. The Bertz CT molecular complexity index is 2380. The molecule has 0 unspecified atom stereocenters. The molecule has 0 aliphatic carbocycles. The van der Waals surface area contributed by atoms with Crippen LogP contribution < -0.4 is 30.7 Å². The fraction of sp³-hybridized carbons (Fsp3) is 0.214. The van der Waals surface area contributed by atoms with Gasteiger partial charge in [-0.15, -0.1) is 6.42 Å². The normalized spacial score (nSPS) is 11.7. The van der Waals surface area contributed by atoms with Crippen LogP contribution in [0.4, 0.5) is 27.9 Å². The summed E-state index contributed by atoms with van der Waals surface area (Å²) in [6.07, 6.45) is 7.25. The molecule has 6 rings (SSSR count). The zero-order chi connectivity index (χ0) is 39.1. The number of aromatic nitrogens is 4. The Morgan fingerprint density at radius 2 is 1.69 bits per heavy atom. The first-order chi connectivity index (χ1) is 26.4. The summed E-state index contributed by atoms with van der Waals surface area (Å²) in [6, 6.07) is 26.4. The Hall–Kier alpha value is -6.91. The van der Waals surface area contributed by atoms with E-state index >= 15 is 0 Å². The number of hydrogen-bond donors (Lipinski definition) is 4. The van der Waals surface area contributed by atoms with Crippen LogP contribution in [0.3, 0.4) is 0 Å². The Labute approximate surface area is 319 Å². The van der Waals surface area contributed by atoms with Crippen molar-refractivity contribution in [3.05, 3.63) is 114 Å². The summed E-state index contributed by atoms with van der Waals surface area (Å²) in [5.74, 6) is 4.52. The first kappa shape index (κ1) is 37.8. The molecule has 2 aromatic heterocycles. The number of nitrogens with zero attached hydrogens (tertiary/aromatic N) is 4. The maximum absolute atomic E-state index is 13.5. The molecule has 13 nitrogen and oxygen atoms in total. The minimum Gasteiger partial charge on any atom is -0.497 e. The van der Waals surface area contributed by atoms with Gasteiger partial charge in [-0.2, -0.15) is 10.1 Å². The molecule has 0 saturated carbocycles. The summed E-state index contributed by atoms with van der Waals surface area (Å²) in [6.45, 7) is 8.41. The number of urea groups is 1. The molecular formula is C42H42N8O5. The van der Waals surface area contributed by atoms with Gasteiger partial charge in [-0.3, -0.25) is 10.1 Å². The number of carbonyl (C=O) groups is 2. The molecule has 2 heterocycles. The second-order valence-corrected chi connectivity index (χ2v) is 13.7. The number of terminal acetylenes is 1. The Balaban J connectivity index is 1.20. The molecule has 0 saturated heterocycles. The van der Waals surface area contributed by atoms with Crippen molar-refractivity contribution in [1.82, 2.24) is 25.1 Å². The Morgan fingerprint density at radius 3 is 2.40 bits per heavy atom. The van der Waals surface area contributed by atoms with Crippen LogP contribution in [0, 0.1) is 12.3 Å². The van der Waals surface area contributed by atoms with Crippen LogP contribution >= 0.6 is 0 Å². The predicted octanol–water partition coefficient (Wildman–Crippen LogP) is 8.05. The molecule has 0 aliphatic heterocycles. The fourth-order valence-electron chi connectivity index (χ4n) is 5.71. The third-order valence-corrected chi connectivity index (χ3v) is 8.43. The van der Waals surface area contributed by atoms with Crippen molar-refractivity contribution in [1.29, 1.82) is 0 Å². The fourth-order valence-corrected chi connectivity index (χ4v) is 5.71. The number of fused-ring (bicyclic) bond motifs is 1. The molecule has 0 fully saturated rings. The molecule has 280 valence electrons. The standard InChI is InChI=1S/C42H42N8O5/c1-8-27-21-28(39(51)44-26(2)25-53-6)23-29(22-27)45-40-43-20-19-38(48-40)55-35-18-17-34(32-11-9-10-12-33(32)35)46-41(52)47-37-24-36(42(3,4)5)49-50(37)30-13-15-31(54-7)16-14-30/h1,9-24,26H,25H2,2-7H3,(H,44,51)(H,43,45,48)(H2,46,47,52)/t26-/m0/s1. The minimum absolute atomic E-state index is 0.193. The number of carbonyl (C=O) groups excluding carboxylic acids is 2. The van der Waals surface area contributed by atoms with Crippen LogP contribution in [0.15, 0.2) is 97.2 Å². The largest absolute Gasteiger partial charge is 0.497 e. The van der Waals surface area contributed by atoms with Crippen LogP contribution in [0.1, 0.15) is 49.3 Å². The van der Waals surface area contributed by atoms with Crippen LogP contribution in [-0.4, -0.2) is 58.6 Å². The average molecular weight is 739 g/mol. The molecule has 1 atom stereocenters. The summed E-state index contributed by atoms with van der Waals surface area (Å²) in [5.41, 5.74) is 3.31. The SMILES string of the molecule is C#Cc1cc(Nc2nccc(Oc3ccc(NC(=O)Nc4cc(C(C)(C)C)nn4-c4ccc(OC)cc4)c4ccccc34)n2)cc(C(=O)N[C@@H](C)COC)c1. The van der Waals surface area contributed by atoms with E-state index in [2.05, 4.69) is 57.9 Å². The number of rotatable bonds is 12. The van der Waals surface area contributed by atoms with E-state index in [9.17, 15) is 9.59 Å². The lowest BCUT2D eigenvalue weighted by molar-refractivity contribution is 0.0905. The minimum atomic E-state index is -0.445. The third-order valence-electron chi connectivity index (χ3n) is 8.43. The molecule has 4 N–H and O–H groups in total. The lowest BCUT2D eigenvalue weighted by Crippen LogP contribution is -2.35. The first-order valence-electron chi connectivity index (χ1n) is 17.5. The maximum atomic E-state index is 13.5. The van der Waals surface area contributed by atoms with Crippen molar-refractivity contribution in [2.24, 2.45) is 0 Å². The lowest BCUT2D eigenvalue weighted by atomic mass is 9.92. The van der Waals surface area contributed by atoms with Gasteiger partial charge >= 0.3 is 6.03 Å². The molecule has 0 radical (unpaired) electrons. The Kier molecular flexibility index (Phi) is 11.3. The van der Waals surface area contributed by atoms with Crippen LogP contribution in [0.25, 0.3) is 16.5 Å². The van der Waals surface area contributed by atoms with Crippen molar-refractivity contribution >= 4 is 45.9 Å². The van der Waals surface area contributed by atoms with E-state index in [0.717, 1.165) is 22.2 Å². The van der Waals surface area contributed by atoms with E-state index in [4.69, 9.17) is 25.7 Å². The van der Waals surface area contributed by atoms with Gasteiger partial charge in [0.25, 0.3) is 5.91 Å². The molecule has 0 bridgehead atoms. The molecule has 55 heavy (non-hydrogen) atoms. The monoisotopic (exact) mass is 738 g/mol. The van der Waals surface area contributed by atoms with Crippen LogP contribution in [-0.2, 0) is 10.2 Å². The molecule has 0 aliphatic rings. The molecule has 4 aromatic carbocycles. The average Bonchev–Trinajstić information content (AvgIpc) is 3.60. The first-order valence-corrected chi connectivity index (χ1v) is 17.5. The smallest absolute Gasteiger partial charge is 0.324 e. The van der Waals surface area contributed by atoms with Crippen LogP contribution in [0.5, 0.6) is 17.4 Å². The summed E-state index contributed by atoms with van der Waals surface area (Å²) >= 11 is 0. The van der Waals surface area contributed by atoms with Gasteiger partial charge in [0.05, 0.1) is 30.8 Å². The van der Waals surface area contributed by atoms with E-state index in [1.165, 1.54) is 0 Å². The van der Waals surface area contributed by atoms with Gasteiger partial charge in [-0.1, -0.05) is 51.0 Å². The van der Waals surface area contributed by atoms with Gasteiger partial charge in [0.15, 0.2) is 0 Å². The molecule has 3 amide bonds. The second-order valence-electron chi connectivity index (χ2n) is 13.7. The number of ether oxygens (including phenoxy) is 3. The summed E-state index contributed by atoms with van der Waals surface area (Å²) in [5, 5.41) is 18.3. The summed E-state index contributed by atoms with van der Waals surface area (Å²) < 4.78 is 18.4. The predicted molar refractivity (Wildman–Crippen MR) is 214 cm³/mol. The number of hydrogen-bond acceptors (Lipinski definition) is 9. The van der Waals surface area contributed by atoms with Gasteiger partial charge in [0.2, 0.25) is 11.8 Å². The topological polar surface area (TPSA) is 154 Å². The number of methoxy groups -OCH3 is 2. The number of anilines is 4. The maximum Gasteiger partial charge on any atom is 0.324 e. The molecule has 6 aromatic rings. The van der Waals surface area contributed by atoms with E-state index in [1.807, 2.05) is 61.5 Å². The third kappa shape index (κ3) is 9.19. The second kappa shape index (κ2) is 16.4. The number of benzene rings is 4. The van der Waals surface area contributed by atoms with Gasteiger partial charge < -0.3 is 30.2 Å². The van der Waals surface area contributed by atoms with E-state index in [-0.39, 0.29) is 29.2 Å². The highest BCUT2D eigenvalue weighted by atomic mass is 16.5. The zero-order valence-electron chi connectivity index (χ0n) is 31.4. The van der Waals surface area contributed by atoms with Crippen molar-refractivity contribution in [2.75, 3.05) is 36.8 Å². The van der Waals surface area contributed by atoms with E-state index in [0.29, 0.717) is 46.4 Å². The van der Waals surface area contributed by atoms with Crippen molar-refractivity contribution in [3.8, 4) is 35.4 Å². The highest BCUT2D eigenvalue weighted by Crippen LogP contribution is 2.35. The van der Waals surface area contributed by atoms with Gasteiger partial charge in [-0.05, 0) is 61.5 Å². The van der Waals surface area contributed by atoms with Crippen molar-refractivity contribution < 1.29 is 23.8 Å². The molecule has 13 heteroatoms. The quantitative estimate of drug-likeness (QED) is 0.0914. The van der Waals surface area contributed by atoms with Gasteiger partial charge in [0.1, 0.15) is 17.3 Å². The molecule has 0 spiro atoms. The van der Waals surface area contributed by atoms with Crippen molar-refractivity contribution in [3.63, 3.8) is 0 Å². The van der Waals surface area contributed by atoms with Crippen LogP contribution in [0.2, 0.25) is 0 Å². The highest BCUT2D eigenvalue weighted by Gasteiger charge is 2.22. The van der Waals surface area contributed by atoms with E-state index in [1.54, 1.807) is 61.5 Å². The molecular weight excluding hydrogens is 697 g/mol. The summed E-state index contributed by atoms with van der Waals surface area (Å²) in [4.78, 5) is 35.3. The van der Waals surface area contributed by atoms with E-state index < -0.39 is 6.03 Å². The number of nitrogens with one attached hydrogen (secondary N) is 4. The van der Waals surface area contributed by atoms with Gasteiger partial charge in [-0.25, -0.2) is 14.5 Å². The van der Waals surface area contributed by atoms with Crippen molar-refractivity contribution in [2.45, 2.75) is 39.2 Å². The Morgan fingerprint density at radius 1 is 0.927 bits per heavy atom. The van der Waals surface area contributed by atoms with Gasteiger partial charge in [0, 0.05) is 64.5 Å². The lowest BCUT2D eigenvalue weighted by Gasteiger charge is -2.15.